The van der Waals surface area contributed by atoms with Gasteiger partial charge >= 0.3 is 12.1 Å². The standard InChI is InChI=1S/C34H43F3N2O5/c1-19(40)44-18-32(6)24-8-9-30(4)21-7-10-33(28(43)39-17-34(35,36)37)12-11-29(2,3)15-22(33)26(21)23(41)13-25(30)31(24,5)14-20(16-38)27(32)42/h13-14,21-22,24,26H,7-12,15,17-18H2,1-6H3,(H,39,43)/t21?,22?,24-,26?,30+,31+,32+,33-/m1/s1. The Hall–Kier alpha value is -2.96. The first-order valence-electron chi connectivity index (χ1n) is 15.7. The van der Waals surface area contributed by atoms with E-state index >= 15 is 0 Å². The van der Waals surface area contributed by atoms with Gasteiger partial charge in [0.2, 0.25) is 5.91 Å². The van der Waals surface area contributed by atoms with Crippen molar-refractivity contribution in [3.05, 3.63) is 23.3 Å². The third-order valence-corrected chi connectivity index (χ3v) is 12.4. The van der Waals surface area contributed by atoms with Crippen molar-refractivity contribution in [3.63, 3.8) is 0 Å². The molecule has 0 aliphatic heterocycles. The smallest absolute Gasteiger partial charge is 0.405 e. The molecule has 3 unspecified atom stereocenters. The van der Waals surface area contributed by atoms with Gasteiger partial charge in [-0.05, 0) is 86.5 Å². The number of ketones is 2. The van der Waals surface area contributed by atoms with Crippen molar-refractivity contribution in [1.29, 1.82) is 5.26 Å². The molecular weight excluding hydrogens is 573 g/mol. The summed E-state index contributed by atoms with van der Waals surface area (Å²) in [4.78, 5) is 53.4. The Morgan fingerprint density at radius 1 is 1.05 bits per heavy atom. The van der Waals surface area contributed by atoms with E-state index in [2.05, 4.69) is 32.2 Å². The van der Waals surface area contributed by atoms with Gasteiger partial charge < -0.3 is 10.1 Å². The number of alkyl halides is 3. The number of ether oxygens (including phenoxy) is 1. The third-order valence-electron chi connectivity index (χ3n) is 12.4. The minimum absolute atomic E-state index is 0.0175. The summed E-state index contributed by atoms with van der Waals surface area (Å²) in [6.07, 6.45) is 2.67. The molecular formula is C34H43F3N2O5. The van der Waals surface area contributed by atoms with Gasteiger partial charge in [0.05, 0.1) is 16.4 Å². The van der Waals surface area contributed by atoms with Gasteiger partial charge in [-0.25, -0.2) is 0 Å². The molecule has 5 aliphatic rings. The molecule has 1 amide bonds. The van der Waals surface area contributed by atoms with Crippen LogP contribution >= 0.6 is 0 Å². The summed E-state index contributed by atoms with van der Waals surface area (Å²) < 4.78 is 44.8. The van der Waals surface area contributed by atoms with Crippen molar-refractivity contribution in [1.82, 2.24) is 5.32 Å². The van der Waals surface area contributed by atoms with Crippen LogP contribution in [-0.2, 0) is 23.9 Å². The molecule has 0 aromatic carbocycles. The molecule has 5 rings (SSSR count). The molecule has 0 aromatic rings. The van der Waals surface area contributed by atoms with E-state index in [-0.39, 0.29) is 41.0 Å². The van der Waals surface area contributed by atoms with Crippen LogP contribution in [0.3, 0.4) is 0 Å². The van der Waals surface area contributed by atoms with Crippen LogP contribution < -0.4 is 5.32 Å². The summed E-state index contributed by atoms with van der Waals surface area (Å²) in [5.74, 6) is -3.03. The average molecular weight is 617 g/mol. The summed E-state index contributed by atoms with van der Waals surface area (Å²) in [6, 6.07) is 2.05. The van der Waals surface area contributed by atoms with Gasteiger partial charge in [0.1, 0.15) is 19.2 Å². The average Bonchev–Trinajstić information content (AvgIpc) is 2.92. The van der Waals surface area contributed by atoms with Crippen molar-refractivity contribution < 1.29 is 37.1 Å². The Morgan fingerprint density at radius 3 is 2.34 bits per heavy atom. The zero-order valence-corrected chi connectivity index (χ0v) is 26.5. The van der Waals surface area contributed by atoms with Gasteiger partial charge in [0, 0.05) is 18.3 Å². The van der Waals surface area contributed by atoms with E-state index < -0.39 is 58.1 Å². The molecule has 0 bridgehead atoms. The molecule has 8 atom stereocenters. The molecule has 0 spiro atoms. The maximum atomic E-state index is 14.4. The predicted octanol–water partition coefficient (Wildman–Crippen LogP) is 6.04. The highest BCUT2D eigenvalue weighted by Crippen LogP contribution is 2.70. The number of hydrogen-bond acceptors (Lipinski definition) is 6. The van der Waals surface area contributed by atoms with E-state index in [4.69, 9.17) is 4.74 Å². The van der Waals surface area contributed by atoms with Crippen molar-refractivity contribution in [2.24, 2.45) is 50.7 Å². The molecule has 3 fully saturated rings. The highest BCUT2D eigenvalue weighted by Gasteiger charge is 2.67. The zero-order chi connectivity index (χ0) is 32.7. The van der Waals surface area contributed by atoms with E-state index in [1.165, 1.54) is 6.92 Å². The number of esters is 1. The predicted molar refractivity (Wildman–Crippen MR) is 154 cm³/mol. The molecule has 7 nitrogen and oxygen atoms in total. The number of carbonyl (C=O) groups excluding carboxylic acids is 4. The Balaban J connectivity index is 1.59. The lowest BCUT2D eigenvalue weighted by molar-refractivity contribution is -0.167. The Morgan fingerprint density at radius 2 is 1.73 bits per heavy atom. The van der Waals surface area contributed by atoms with Gasteiger partial charge in [-0.15, -0.1) is 0 Å². The quantitative estimate of drug-likeness (QED) is 0.386. The largest absolute Gasteiger partial charge is 0.465 e. The number of halogens is 3. The van der Waals surface area contributed by atoms with Crippen LogP contribution in [0.4, 0.5) is 13.2 Å². The second kappa shape index (κ2) is 10.3. The van der Waals surface area contributed by atoms with Crippen molar-refractivity contribution in [3.8, 4) is 6.07 Å². The van der Waals surface area contributed by atoms with Crippen LogP contribution in [0.1, 0.15) is 86.5 Å². The molecule has 44 heavy (non-hydrogen) atoms. The van der Waals surface area contributed by atoms with E-state index in [0.717, 1.165) is 5.57 Å². The second-order valence-corrected chi connectivity index (χ2v) is 15.5. The normalized spacial score (nSPS) is 41.0. The van der Waals surface area contributed by atoms with Gasteiger partial charge in [-0.3, -0.25) is 19.2 Å². The van der Waals surface area contributed by atoms with Crippen LogP contribution in [0.5, 0.6) is 0 Å². The first-order valence-corrected chi connectivity index (χ1v) is 15.7. The molecule has 0 radical (unpaired) electrons. The number of nitrogens with one attached hydrogen (secondary N) is 1. The number of nitrogens with zero attached hydrogens (tertiary/aromatic N) is 1. The lowest BCUT2D eigenvalue weighted by Gasteiger charge is -2.65. The number of Topliss-reactive ketones (excluding diaryl/α,β-unsaturated/α-hetero) is 1. The van der Waals surface area contributed by atoms with Gasteiger partial charge in [0.15, 0.2) is 11.6 Å². The lowest BCUT2D eigenvalue weighted by Crippen LogP contribution is -2.63. The SMILES string of the molecule is CC(=O)OC[C@]1(C)C(=O)C(C#N)=C[C@]2(C)C3=CC(=O)C4C5CC(C)(C)CC[C@]5(C(=O)NCC(F)(F)F)CCC4[C@]3(C)CC[C@H]21. The first-order chi connectivity index (χ1) is 20.2. The molecule has 240 valence electrons. The minimum Gasteiger partial charge on any atom is -0.465 e. The number of hydrogen-bond donors (Lipinski definition) is 1. The summed E-state index contributed by atoms with van der Waals surface area (Å²) in [5, 5.41) is 12.2. The monoisotopic (exact) mass is 616 g/mol. The summed E-state index contributed by atoms with van der Waals surface area (Å²) in [7, 11) is 0. The fraction of sp³-hybridized carbons (Fsp3) is 0.735. The lowest BCUT2D eigenvalue weighted by atomic mass is 9.38. The maximum absolute atomic E-state index is 14.4. The molecule has 10 heteroatoms. The Bertz CT molecular complexity index is 1410. The topological polar surface area (TPSA) is 113 Å². The highest BCUT2D eigenvalue weighted by atomic mass is 19.4. The number of allylic oxidation sites excluding steroid dienone is 4. The molecule has 0 aromatic heterocycles. The summed E-state index contributed by atoms with van der Waals surface area (Å²) >= 11 is 0. The molecule has 0 heterocycles. The third kappa shape index (κ3) is 4.84. The van der Waals surface area contributed by atoms with Crippen molar-refractivity contribution >= 4 is 23.4 Å². The summed E-state index contributed by atoms with van der Waals surface area (Å²) in [5.41, 5.74) is -2.89. The van der Waals surface area contributed by atoms with E-state index in [1.54, 1.807) is 19.1 Å². The zero-order valence-electron chi connectivity index (χ0n) is 26.5. The fourth-order valence-corrected chi connectivity index (χ4v) is 10.3. The Labute approximate surface area is 257 Å². The number of fused-ring (bicyclic) bond motifs is 7. The maximum Gasteiger partial charge on any atom is 0.405 e. The van der Waals surface area contributed by atoms with Crippen LogP contribution in [-0.4, -0.2) is 42.8 Å². The first kappa shape index (κ1) is 32.4. The molecule has 1 N–H and O–H groups in total. The van der Waals surface area contributed by atoms with E-state index in [1.807, 2.05) is 6.92 Å². The van der Waals surface area contributed by atoms with Gasteiger partial charge in [-0.1, -0.05) is 39.3 Å². The molecule has 0 saturated heterocycles. The highest BCUT2D eigenvalue weighted by molar-refractivity contribution is 6.05. The van der Waals surface area contributed by atoms with E-state index in [0.29, 0.717) is 44.9 Å². The Kier molecular flexibility index (Phi) is 7.58. The van der Waals surface area contributed by atoms with Crippen molar-refractivity contribution in [2.75, 3.05) is 13.2 Å². The molecule has 3 saturated carbocycles. The number of carbonyl (C=O) groups is 4. The number of rotatable bonds is 4. The minimum atomic E-state index is -4.53. The number of nitriles is 1. The fourth-order valence-electron chi connectivity index (χ4n) is 10.3. The van der Waals surface area contributed by atoms with Crippen LogP contribution in [0, 0.1) is 62.1 Å². The molecule has 5 aliphatic carbocycles. The summed E-state index contributed by atoms with van der Waals surface area (Å²) in [6.45, 7) is 9.72. The van der Waals surface area contributed by atoms with Crippen LogP contribution in [0.2, 0.25) is 0 Å². The van der Waals surface area contributed by atoms with E-state index in [9.17, 15) is 37.6 Å². The van der Waals surface area contributed by atoms with Crippen molar-refractivity contribution in [2.45, 2.75) is 92.7 Å². The van der Waals surface area contributed by atoms with Gasteiger partial charge in [0.25, 0.3) is 0 Å². The van der Waals surface area contributed by atoms with Gasteiger partial charge in [-0.2, -0.15) is 18.4 Å². The van der Waals surface area contributed by atoms with Crippen LogP contribution in [0.15, 0.2) is 23.3 Å². The second-order valence-electron chi connectivity index (χ2n) is 15.5. The van der Waals surface area contributed by atoms with Crippen LogP contribution in [0.25, 0.3) is 0 Å². The number of amides is 1.